The van der Waals surface area contributed by atoms with E-state index in [-0.39, 0.29) is 18.5 Å². The number of benzene rings is 1. The lowest BCUT2D eigenvalue weighted by atomic mass is 10.0. The maximum absolute atomic E-state index is 12.0. The summed E-state index contributed by atoms with van der Waals surface area (Å²) in [5.41, 5.74) is 2.43. The highest BCUT2D eigenvalue weighted by molar-refractivity contribution is 6.35. The monoisotopic (exact) mass is 436 g/mol. The summed E-state index contributed by atoms with van der Waals surface area (Å²) in [5.74, 6) is 1.41. The fourth-order valence-electron chi connectivity index (χ4n) is 3.92. The van der Waals surface area contributed by atoms with Gasteiger partial charge in [-0.3, -0.25) is 9.48 Å². The maximum Gasteiger partial charge on any atom is 0.239 e. The summed E-state index contributed by atoms with van der Waals surface area (Å²) in [5, 5.41) is 13.0. The molecule has 31 heavy (non-hydrogen) atoms. The van der Waals surface area contributed by atoms with Gasteiger partial charge in [0.2, 0.25) is 5.91 Å². The van der Waals surface area contributed by atoms with E-state index in [4.69, 9.17) is 16.6 Å². The first-order valence-electron chi connectivity index (χ1n) is 10.0. The molecule has 3 aromatic heterocycles. The van der Waals surface area contributed by atoms with E-state index >= 15 is 0 Å². The van der Waals surface area contributed by atoms with Crippen molar-refractivity contribution in [1.29, 1.82) is 0 Å². The molecule has 0 bridgehead atoms. The number of aryl methyl sites for hydroxylation is 1. The van der Waals surface area contributed by atoms with Crippen LogP contribution in [-0.2, 0) is 11.8 Å². The highest BCUT2D eigenvalue weighted by Gasteiger charge is 2.24. The summed E-state index contributed by atoms with van der Waals surface area (Å²) in [6, 6.07) is 7.65. The molecule has 1 fully saturated rings. The van der Waals surface area contributed by atoms with Gasteiger partial charge in [-0.2, -0.15) is 5.10 Å². The highest BCUT2D eigenvalue weighted by atomic mass is 35.5. The molecule has 1 amide bonds. The van der Waals surface area contributed by atoms with Crippen LogP contribution in [0.15, 0.2) is 36.8 Å². The van der Waals surface area contributed by atoms with E-state index in [0.29, 0.717) is 23.9 Å². The minimum absolute atomic E-state index is 0.0215. The van der Waals surface area contributed by atoms with Gasteiger partial charge in [0.15, 0.2) is 5.65 Å². The Balaban J connectivity index is 1.60. The Labute approximate surface area is 183 Å². The Morgan fingerprint density at radius 3 is 3.00 bits per heavy atom. The van der Waals surface area contributed by atoms with E-state index in [9.17, 15) is 4.79 Å². The Kier molecular flexibility index (Phi) is 4.82. The standard InChI is InChI=1S/C21H21ClN8O/c1-12(27-19-15-9-26-29(2)20(15)25-11-24-19)14-8-13-4-3-5-16(22)18(13)28-21(14)30-7-6-23-17(31)10-30/h3-5,8-9,11-12H,6-7,10H2,1-2H3,(H,23,31)(H,24,25,27)/t12-/m0/s1. The second kappa shape index (κ2) is 7.66. The molecule has 0 aliphatic carbocycles. The van der Waals surface area contributed by atoms with Crippen LogP contribution in [0, 0.1) is 0 Å². The molecule has 4 heterocycles. The van der Waals surface area contributed by atoms with E-state index in [0.717, 1.165) is 33.3 Å². The number of nitrogens with one attached hydrogen (secondary N) is 2. The van der Waals surface area contributed by atoms with E-state index in [2.05, 4.69) is 31.8 Å². The first-order chi connectivity index (χ1) is 15.0. The van der Waals surface area contributed by atoms with Crippen molar-refractivity contribution in [2.45, 2.75) is 13.0 Å². The lowest BCUT2D eigenvalue weighted by Gasteiger charge is -2.31. The van der Waals surface area contributed by atoms with Gasteiger partial charge >= 0.3 is 0 Å². The average molecular weight is 437 g/mol. The van der Waals surface area contributed by atoms with E-state index < -0.39 is 0 Å². The fourth-order valence-corrected chi connectivity index (χ4v) is 4.14. The SMILES string of the molecule is C[C@H](Nc1ncnc2c1cnn2C)c1cc2cccc(Cl)c2nc1N1CCNC(=O)C1. The summed E-state index contributed by atoms with van der Waals surface area (Å²) in [4.78, 5) is 27.7. The van der Waals surface area contributed by atoms with Gasteiger partial charge in [0.25, 0.3) is 0 Å². The highest BCUT2D eigenvalue weighted by Crippen LogP contribution is 2.33. The zero-order valence-electron chi connectivity index (χ0n) is 17.1. The van der Waals surface area contributed by atoms with Crippen LogP contribution in [0.3, 0.4) is 0 Å². The Morgan fingerprint density at radius 1 is 1.29 bits per heavy atom. The zero-order chi connectivity index (χ0) is 21.5. The van der Waals surface area contributed by atoms with Gasteiger partial charge in [0.1, 0.15) is 18.0 Å². The predicted molar refractivity (Wildman–Crippen MR) is 120 cm³/mol. The van der Waals surface area contributed by atoms with Crippen molar-refractivity contribution in [3.63, 3.8) is 0 Å². The third kappa shape index (κ3) is 3.50. The van der Waals surface area contributed by atoms with Crippen molar-refractivity contribution in [3.8, 4) is 0 Å². The zero-order valence-corrected chi connectivity index (χ0v) is 17.9. The van der Waals surface area contributed by atoms with Gasteiger partial charge < -0.3 is 15.5 Å². The van der Waals surface area contributed by atoms with Gasteiger partial charge in [-0.05, 0) is 19.1 Å². The number of piperazine rings is 1. The van der Waals surface area contributed by atoms with Crippen molar-refractivity contribution >= 4 is 51.1 Å². The fraction of sp³-hybridized carbons (Fsp3) is 0.286. The number of para-hydroxylation sites is 1. The van der Waals surface area contributed by atoms with Crippen LogP contribution >= 0.6 is 11.6 Å². The number of hydrogen-bond donors (Lipinski definition) is 2. The summed E-state index contributed by atoms with van der Waals surface area (Å²) in [6.45, 7) is 3.55. The number of hydrogen-bond acceptors (Lipinski definition) is 7. The first kappa shape index (κ1) is 19.5. The molecular formula is C21H21ClN8O. The molecule has 0 radical (unpaired) electrons. The largest absolute Gasteiger partial charge is 0.363 e. The molecule has 0 unspecified atom stereocenters. The Morgan fingerprint density at radius 2 is 2.16 bits per heavy atom. The average Bonchev–Trinajstić information content (AvgIpc) is 3.15. The third-order valence-corrected chi connectivity index (χ3v) is 5.80. The van der Waals surface area contributed by atoms with Crippen molar-refractivity contribution in [2.24, 2.45) is 7.05 Å². The number of amides is 1. The van der Waals surface area contributed by atoms with Crippen molar-refractivity contribution in [3.05, 3.63) is 47.4 Å². The molecule has 1 aliphatic rings. The number of anilines is 2. The number of aromatic nitrogens is 5. The van der Waals surface area contributed by atoms with Crippen molar-refractivity contribution in [2.75, 3.05) is 29.9 Å². The molecule has 0 saturated carbocycles. The van der Waals surface area contributed by atoms with Crippen LogP contribution < -0.4 is 15.5 Å². The van der Waals surface area contributed by atoms with Crippen molar-refractivity contribution in [1.82, 2.24) is 30.0 Å². The minimum atomic E-state index is -0.144. The second-order valence-electron chi connectivity index (χ2n) is 7.58. The van der Waals surface area contributed by atoms with E-state index in [1.54, 1.807) is 10.9 Å². The summed E-state index contributed by atoms with van der Waals surface area (Å²) >= 11 is 6.42. The molecule has 0 spiro atoms. The normalized spacial score (nSPS) is 15.3. The van der Waals surface area contributed by atoms with E-state index in [1.165, 1.54) is 6.33 Å². The molecule has 1 aromatic carbocycles. The smallest absolute Gasteiger partial charge is 0.239 e. The van der Waals surface area contributed by atoms with Crippen LogP contribution in [0.25, 0.3) is 21.9 Å². The maximum atomic E-state index is 12.0. The van der Waals surface area contributed by atoms with Crippen LogP contribution in [0.2, 0.25) is 5.02 Å². The predicted octanol–water partition coefficient (Wildman–Crippen LogP) is 2.67. The minimum Gasteiger partial charge on any atom is -0.363 e. The van der Waals surface area contributed by atoms with Crippen LogP contribution in [0.4, 0.5) is 11.6 Å². The molecule has 9 nitrogen and oxygen atoms in total. The van der Waals surface area contributed by atoms with E-state index in [1.807, 2.05) is 37.1 Å². The summed E-state index contributed by atoms with van der Waals surface area (Å²) in [6.07, 6.45) is 3.27. The molecule has 158 valence electrons. The van der Waals surface area contributed by atoms with Crippen molar-refractivity contribution < 1.29 is 4.79 Å². The quantitative estimate of drug-likeness (QED) is 0.507. The lowest BCUT2D eigenvalue weighted by molar-refractivity contribution is -0.120. The number of carbonyl (C=O) groups excluding carboxylic acids is 1. The summed E-state index contributed by atoms with van der Waals surface area (Å²) in [7, 11) is 1.85. The number of fused-ring (bicyclic) bond motifs is 2. The molecule has 1 saturated heterocycles. The molecule has 10 heteroatoms. The van der Waals surface area contributed by atoms with Gasteiger partial charge in [-0.25, -0.2) is 15.0 Å². The molecule has 5 rings (SSSR count). The molecular weight excluding hydrogens is 416 g/mol. The van der Waals surface area contributed by atoms with Gasteiger partial charge in [0.05, 0.1) is 34.7 Å². The molecule has 1 aliphatic heterocycles. The number of halogens is 1. The number of rotatable bonds is 4. The Bertz CT molecular complexity index is 1300. The third-order valence-electron chi connectivity index (χ3n) is 5.49. The number of carbonyl (C=O) groups is 1. The Hall–Kier alpha value is -3.46. The van der Waals surface area contributed by atoms with Crippen LogP contribution in [0.1, 0.15) is 18.5 Å². The summed E-state index contributed by atoms with van der Waals surface area (Å²) < 4.78 is 1.71. The molecule has 1 atom stereocenters. The van der Waals surface area contributed by atoms with Gasteiger partial charge in [-0.1, -0.05) is 23.7 Å². The topological polar surface area (TPSA) is 101 Å². The molecule has 4 aromatic rings. The van der Waals surface area contributed by atoms with Crippen LogP contribution in [-0.4, -0.2) is 50.3 Å². The first-order valence-corrected chi connectivity index (χ1v) is 10.4. The number of pyridine rings is 1. The molecule has 2 N–H and O–H groups in total. The second-order valence-corrected chi connectivity index (χ2v) is 7.99. The van der Waals surface area contributed by atoms with Crippen LogP contribution in [0.5, 0.6) is 0 Å². The van der Waals surface area contributed by atoms with Gasteiger partial charge in [0, 0.05) is 31.1 Å². The lowest BCUT2D eigenvalue weighted by Crippen LogP contribution is -2.48. The van der Waals surface area contributed by atoms with Gasteiger partial charge in [-0.15, -0.1) is 0 Å². The number of nitrogens with zero attached hydrogens (tertiary/aromatic N) is 6.